The van der Waals surface area contributed by atoms with Gasteiger partial charge in [0.05, 0.1) is 7.11 Å². The zero-order valence-corrected chi connectivity index (χ0v) is 11.1. The molecule has 6 heteroatoms. The van der Waals surface area contributed by atoms with Gasteiger partial charge in [-0.25, -0.2) is 18.6 Å². The number of hydrogen-bond donors (Lipinski definition) is 0. The zero-order valence-electron chi connectivity index (χ0n) is 11.1. The summed E-state index contributed by atoms with van der Waals surface area (Å²) in [5.74, 6) is -1.61. The van der Waals surface area contributed by atoms with Crippen LogP contribution < -0.4 is 0 Å². The third-order valence-corrected chi connectivity index (χ3v) is 3.05. The van der Waals surface area contributed by atoms with Crippen LogP contribution in [0.25, 0.3) is 0 Å². The van der Waals surface area contributed by atoms with Crippen molar-refractivity contribution in [1.82, 2.24) is 9.55 Å². The minimum Gasteiger partial charge on any atom is -0.467 e. The van der Waals surface area contributed by atoms with E-state index in [0.717, 1.165) is 12.1 Å². The zero-order chi connectivity index (χ0) is 14.7. The third-order valence-electron chi connectivity index (χ3n) is 3.05. The molecule has 1 atom stereocenters. The van der Waals surface area contributed by atoms with Gasteiger partial charge in [0.2, 0.25) is 0 Å². The van der Waals surface area contributed by atoms with Gasteiger partial charge in [-0.15, -0.1) is 0 Å². The van der Waals surface area contributed by atoms with E-state index in [1.165, 1.54) is 13.2 Å². The van der Waals surface area contributed by atoms with Gasteiger partial charge in [-0.1, -0.05) is 6.07 Å². The first-order valence-electron chi connectivity index (χ1n) is 6.06. The van der Waals surface area contributed by atoms with Gasteiger partial charge in [-0.2, -0.15) is 0 Å². The predicted octanol–water partition coefficient (Wildman–Crippen LogP) is 2.49. The standard InChI is InChI=1S/C14H14F2N2O2/c1-9(14(19)20-2)18-6-5-17-13(18)8-10-3-4-11(15)12(16)7-10/h3-7,9H,8H2,1-2H3. The smallest absolute Gasteiger partial charge is 0.328 e. The molecule has 0 radical (unpaired) electrons. The van der Waals surface area contributed by atoms with Crippen molar-refractivity contribution in [3.05, 3.63) is 53.6 Å². The van der Waals surface area contributed by atoms with Crippen molar-refractivity contribution in [2.24, 2.45) is 0 Å². The molecule has 0 fully saturated rings. The first kappa shape index (κ1) is 14.2. The first-order chi connectivity index (χ1) is 9.52. The van der Waals surface area contributed by atoms with Crippen LogP contribution in [0, 0.1) is 11.6 Å². The van der Waals surface area contributed by atoms with Crippen LogP contribution in [0.2, 0.25) is 0 Å². The molecule has 0 N–H and O–H groups in total. The van der Waals surface area contributed by atoms with Crippen molar-refractivity contribution in [2.45, 2.75) is 19.4 Å². The number of hydrogen-bond acceptors (Lipinski definition) is 3. The molecule has 1 heterocycles. The Balaban J connectivity index is 2.24. The molecule has 0 aliphatic rings. The maximum absolute atomic E-state index is 13.2. The molecule has 1 aromatic heterocycles. The summed E-state index contributed by atoms with van der Waals surface area (Å²) in [5, 5.41) is 0. The van der Waals surface area contributed by atoms with E-state index in [4.69, 9.17) is 0 Å². The molecular weight excluding hydrogens is 266 g/mol. The molecule has 2 rings (SSSR count). The predicted molar refractivity (Wildman–Crippen MR) is 68.1 cm³/mol. The summed E-state index contributed by atoms with van der Waals surface area (Å²) in [6.07, 6.45) is 3.50. The molecule has 106 valence electrons. The van der Waals surface area contributed by atoms with Crippen molar-refractivity contribution >= 4 is 5.97 Å². The highest BCUT2D eigenvalue weighted by Crippen LogP contribution is 2.16. The maximum atomic E-state index is 13.2. The van der Waals surface area contributed by atoms with Crippen LogP contribution in [0.1, 0.15) is 24.4 Å². The highest BCUT2D eigenvalue weighted by atomic mass is 19.2. The van der Waals surface area contributed by atoms with E-state index in [0.29, 0.717) is 17.8 Å². The number of nitrogens with zero attached hydrogens (tertiary/aromatic N) is 2. The largest absolute Gasteiger partial charge is 0.467 e. The van der Waals surface area contributed by atoms with Crippen LogP contribution in [-0.4, -0.2) is 22.6 Å². The van der Waals surface area contributed by atoms with Crippen LogP contribution in [0.4, 0.5) is 8.78 Å². The highest BCUT2D eigenvalue weighted by molar-refractivity contribution is 5.73. The first-order valence-corrected chi connectivity index (χ1v) is 6.06. The summed E-state index contributed by atoms with van der Waals surface area (Å²) in [6, 6.07) is 3.15. The molecule has 20 heavy (non-hydrogen) atoms. The number of ether oxygens (including phenoxy) is 1. The Labute approximate surface area is 115 Å². The minimum atomic E-state index is -0.901. The Morgan fingerprint density at radius 3 is 2.80 bits per heavy atom. The number of imidazole rings is 1. The fourth-order valence-electron chi connectivity index (χ4n) is 1.95. The summed E-state index contributed by atoms with van der Waals surface area (Å²) >= 11 is 0. The lowest BCUT2D eigenvalue weighted by molar-refractivity contribution is -0.144. The van der Waals surface area contributed by atoms with Crippen LogP contribution >= 0.6 is 0 Å². The van der Waals surface area contributed by atoms with Crippen molar-refractivity contribution in [3.63, 3.8) is 0 Å². The molecule has 0 amide bonds. The molecule has 0 bridgehead atoms. The number of aromatic nitrogens is 2. The number of halogens is 2. The average molecular weight is 280 g/mol. The number of carbonyl (C=O) groups excluding carboxylic acids is 1. The van der Waals surface area contributed by atoms with Crippen molar-refractivity contribution in [2.75, 3.05) is 7.11 Å². The lowest BCUT2D eigenvalue weighted by Gasteiger charge is -2.14. The fraction of sp³-hybridized carbons (Fsp3) is 0.286. The van der Waals surface area contributed by atoms with Gasteiger partial charge in [-0.3, -0.25) is 0 Å². The fourth-order valence-corrected chi connectivity index (χ4v) is 1.95. The summed E-state index contributed by atoms with van der Waals surface area (Å²) in [5.41, 5.74) is 0.577. The van der Waals surface area contributed by atoms with Gasteiger partial charge in [-0.05, 0) is 24.6 Å². The van der Waals surface area contributed by atoms with Crippen molar-refractivity contribution in [3.8, 4) is 0 Å². The average Bonchev–Trinajstić information content (AvgIpc) is 2.89. The van der Waals surface area contributed by atoms with E-state index < -0.39 is 23.6 Å². The molecule has 1 unspecified atom stereocenters. The van der Waals surface area contributed by atoms with E-state index in [1.807, 2.05) is 0 Å². The molecule has 4 nitrogen and oxygen atoms in total. The number of carbonyl (C=O) groups is 1. The number of benzene rings is 1. The summed E-state index contributed by atoms with van der Waals surface area (Å²) < 4.78 is 32.4. The second-order valence-corrected chi connectivity index (χ2v) is 4.38. The minimum absolute atomic E-state index is 0.297. The van der Waals surface area contributed by atoms with Crippen LogP contribution in [0.5, 0.6) is 0 Å². The molecule has 2 aromatic rings. The third kappa shape index (κ3) is 2.84. The molecule has 0 aliphatic carbocycles. The van der Waals surface area contributed by atoms with Crippen LogP contribution in [-0.2, 0) is 16.0 Å². The van der Waals surface area contributed by atoms with E-state index >= 15 is 0 Å². The summed E-state index contributed by atoms with van der Waals surface area (Å²) in [7, 11) is 1.31. The van der Waals surface area contributed by atoms with Gasteiger partial charge < -0.3 is 9.30 Å². The monoisotopic (exact) mass is 280 g/mol. The Morgan fingerprint density at radius 1 is 1.40 bits per heavy atom. The van der Waals surface area contributed by atoms with Gasteiger partial charge in [0.15, 0.2) is 11.6 Å². The molecule has 1 aromatic carbocycles. The highest BCUT2D eigenvalue weighted by Gasteiger charge is 2.18. The Morgan fingerprint density at radius 2 is 2.15 bits per heavy atom. The van der Waals surface area contributed by atoms with E-state index in [2.05, 4.69) is 9.72 Å². The molecule has 0 spiro atoms. The second kappa shape index (κ2) is 5.81. The van der Waals surface area contributed by atoms with Crippen molar-refractivity contribution < 1.29 is 18.3 Å². The Bertz CT molecular complexity index is 625. The number of rotatable bonds is 4. The molecular formula is C14H14F2N2O2. The molecule has 0 saturated carbocycles. The lowest BCUT2D eigenvalue weighted by atomic mass is 10.1. The van der Waals surface area contributed by atoms with Crippen LogP contribution in [0.3, 0.4) is 0 Å². The number of esters is 1. The van der Waals surface area contributed by atoms with Gasteiger partial charge in [0, 0.05) is 18.8 Å². The maximum Gasteiger partial charge on any atom is 0.328 e. The topological polar surface area (TPSA) is 44.1 Å². The second-order valence-electron chi connectivity index (χ2n) is 4.38. The molecule has 0 aliphatic heterocycles. The SMILES string of the molecule is COC(=O)C(C)n1ccnc1Cc1ccc(F)c(F)c1. The summed E-state index contributed by atoms with van der Waals surface area (Å²) in [4.78, 5) is 15.7. The van der Waals surface area contributed by atoms with Gasteiger partial charge in [0.1, 0.15) is 11.9 Å². The lowest BCUT2D eigenvalue weighted by Crippen LogP contribution is -2.19. The normalized spacial score (nSPS) is 12.2. The van der Waals surface area contributed by atoms with E-state index in [1.54, 1.807) is 23.9 Å². The van der Waals surface area contributed by atoms with Gasteiger partial charge >= 0.3 is 5.97 Å². The van der Waals surface area contributed by atoms with Crippen molar-refractivity contribution in [1.29, 1.82) is 0 Å². The van der Waals surface area contributed by atoms with Gasteiger partial charge in [0.25, 0.3) is 0 Å². The van der Waals surface area contributed by atoms with E-state index in [9.17, 15) is 13.6 Å². The summed E-state index contributed by atoms with van der Waals surface area (Å²) in [6.45, 7) is 1.68. The van der Waals surface area contributed by atoms with E-state index in [-0.39, 0.29) is 0 Å². The number of methoxy groups -OCH3 is 1. The Hall–Kier alpha value is -2.24. The van der Waals surface area contributed by atoms with Crippen LogP contribution in [0.15, 0.2) is 30.6 Å². The quantitative estimate of drug-likeness (QED) is 0.808. The Kier molecular flexibility index (Phi) is 4.12. The molecule has 0 saturated heterocycles.